The summed E-state index contributed by atoms with van der Waals surface area (Å²) in [4.78, 5) is 9.07. The van der Waals surface area contributed by atoms with Gasteiger partial charge < -0.3 is 14.6 Å². The lowest BCUT2D eigenvalue weighted by Crippen LogP contribution is -2.41. The number of ether oxygens (including phenoxy) is 1. The smallest absolute Gasteiger partial charge is 0.245 e. The van der Waals surface area contributed by atoms with E-state index in [1.54, 1.807) is 25.4 Å². The van der Waals surface area contributed by atoms with E-state index < -0.39 is 10.0 Å². The Morgan fingerprint density at radius 2 is 1.72 bits per heavy atom. The lowest BCUT2D eigenvalue weighted by Gasteiger charge is -2.29. The van der Waals surface area contributed by atoms with Gasteiger partial charge in [0.05, 0.1) is 7.11 Å². The Kier molecular flexibility index (Phi) is 7.20. The average Bonchev–Trinajstić information content (AvgIpc) is 3.17. The monoisotopic (exact) mass is 457 g/mol. The Bertz CT molecular complexity index is 1130. The molecule has 0 radical (unpaired) electrons. The number of rotatable bonds is 9. The van der Waals surface area contributed by atoms with Crippen molar-refractivity contribution < 1.29 is 13.2 Å². The Morgan fingerprint density at radius 1 is 1.03 bits per heavy atom. The number of anilines is 1. The standard InChI is InChI=1S/C23H31N5O3S/c1-16(2)28(17(3)4)32(29,30)18-11-12-21(25-15-18)26-22(23-24-13-14-27(23)5)19-9-7-8-10-20(19)31-6/h7-17,22H,1-6H3,(H,25,26). The van der Waals surface area contributed by atoms with E-state index in [-0.39, 0.29) is 23.0 Å². The third kappa shape index (κ3) is 4.78. The molecule has 1 N–H and O–H groups in total. The van der Waals surface area contributed by atoms with Gasteiger partial charge in [-0.25, -0.2) is 18.4 Å². The van der Waals surface area contributed by atoms with Gasteiger partial charge in [0.2, 0.25) is 10.0 Å². The largest absolute Gasteiger partial charge is 0.496 e. The molecule has 3 rings (SSSR count). The third-order valence-electron chi connectivity index (χ3n) is 5.19. The van der Waals surface area contributed by atoms with Crippen molar-refractivity contribution in [2.24, 2.45) is 7.05 Å². The summed E-state index contributed by atoms with van der Waals surface area (Å²) in [6, 6.07) is 10.3. The lowest BCUT2D eigenvalue weighted by atomic mass is 10.0. The van der Waals surface area contributed by atoms with Crippen molar-refractivity contribution in [3.05, 3.63) is 66.4 Å². The molecule has 9 heteroatoms. The van der Waals surface area contributed by atoms with Gasteiger partial charge in [0, 0.05) is 43.3 Å². The average molecular weight is 458 g/mol. The van der Waals surface area contributed by atoms with Gasteiger partial charge in [-0.3, -0.25) is 0 Å². The molecule has 0 saturated heterocycles. The van der Waals surface area contributed by atoms with E-state index in [0.717, 1.165) is 17.1 Å². The first-order valence-corrected chi connectivity index (χ1v) is 12.0. The highest BCUT2D eigenvalue weighted by atomic mass is 32.2. The number of methoxy groups -OCH3 is 1. The van der Waals surface area contributed by atoms with Crippen LogP contribution < -0.4 is 10.1 Å². The van der Waals surface area contributed by atoms with Crippen LogP contribution in [0.3, 0.4) is 0 Å². The summed E-state index contributed by atoms with van der Waals surface area (Å²) in [5.74, 6) is 2.03. The fraction of sp³-hybridized carbons (Fsp3) is 0.391. The lowest BCUT2D eigenvalue weighted by molar-refractivity contribution is 0.302. The second-order valence-corrected chi connectivity index (χ2v) is 9.96. The van der Waals surface area contributed by atoms with Gasteiger partial charge >= 0.3 is 0 Å². The topological polar surface area (TPSA) is 89.3 Å². The normalized spacial score (nSPS) is 13.0. The number of imidazole rings is 1. The molecule has 0 aliphatic carbocycles. The van der Waals surface area contributed by atoms with E-state index in [1.165, 1.54) is 10.5 Å². The van der Waals surface area contributed by atoms with Crippen LogP contribution in [0.15, 0.2) is 59.9 Å². The molecular formula is C23H31N5O3S. The van der Waals surface area contributed by atoms with Gasteiger partial charge in [-0.05, 0) is 45.9 Å². The number of hydrogen-bond acceptors (Lipinski definition) is 6. The Balaban J connectivity index is 1.96. The molecule has 1 unspecified atom stereocenters. The zero-order valence-corrected chi connectivity index (χ0v) is 20.2. The maximum atomic E-state index is 13.1. The molecular weight excluding hydrogens is 426 g/mol. The summed E-state index contributed by atoms with van der Waals surface area (Å²) in [6.45, 7) is 7.47. The van der Waals surface area contributed by atoms with Crippen molar-refractivity contribution in [1.29, 1.82) is 0 Å². The summed E-state index contributed by atoms with van der Waals surface area (Å²) in [6.07, 6.45) is 5.00. The summed E-state index contributed by atoms with van der Waals surface area (Å²) in [5.41, 5.74) is 0.897. The van der Waals surface area contributed by atoms with E-state index in [4.69, 9.17) is 4.74 Å². The second kappa shape index (κ2) is 9.70. The van der Waals surface area contributed by atoms with Crippen LogP contribution in [0.25, 0.3) is 0 Å². The number of benzene rings is 1. The highest BCUT2D eigenvalue weighted by molar-refractivity contribution is 7.89. The van der Waals surface area contributed by atoms with E-state index in [2.05, 4.69) is 15.3 Å². The molecule has 3 aromatic rings. The molecule has 0 fully saturated rings. The van der Waals surface area contributed by atoms with Gasteiger partial charge in [0.25, 0.3) is 0 Å². The number of aryl methyl sites for hydroxylation is 1. The Morgan fingerprint density at radius 3 is 2.25 bits per heavy atom. The molecule has 172 valence electrons. The van der Waals surface area contributed by atoms with Crippen LogP contribution in [0.5, 0.6) is 5.75 Å². The molecule has 8 nitrogen and oxygen atoms in total. The van der Waals surface area contributed by atoms with Crippen molar-refractivity contribution >= 4 is 15.8 Å². The number of hydrogen-bond donors (Lipinski definition) is 1. The quantitative estimate of drug-likeness (QED) is 0.525. The molecule has 2 aromatic heterocycles. The van der Waals surface area contributed by atoms with E-state index >= 15 is 0 Å². The van der Waals surface area contributed by atoms with Gasteiger partial charge in [-0.1, -0.05) is 18.2 Å². The van der Waals surface area contributed by atoms with Gasteiger partial charge in [0.15, 0.2) is 0 Å². The number of pyridine rings is 1. The Hall–Kier alpha value is -2.91. The van der Waals surface area contributed by atoms with Gasteiger partial charge in [-0.2, -0.15) is 4.31 Å². The van der Waals surface area contributed by atoms with Crippen LogP contribution in [-0.2, 0) is 17.1 Å². The van der Waals surface area contributed by atoms with Crippen molar-refractivity contribution in [1.82, 2.24) is 18.8 Å². The van der Waals surface area contributed by atoms with Gasteiger partial charge in [0.1, 0.15) is 28.3 Å². The molecule has 1 aromatic carbocycles. The van der Waals surface area contributed by atoms with Gasteiger partial charge in [-0.15, -0.1) is 0 Å². The highest BCUT2D eigenvalue weighted by Crippen LogP contribution is 2.32. The van der Waals surface area contributed by atoms with Crippen molar-refractivity contribution in [2.45, 2.75) is 50.7 Å². The van der Waals surface area contributed by atoms with Crippen LogP contribution in [0.2, 0.25) is 0 Å². The zero-order valence-electron chi connectivity index (χ0n) is 19.4. The summed E-state index contributed by atoms with van der Waals surface area (Å²) in [7, 11) is -0.106. The molecule has 32 heavy (non-hydrogen) atoms. The molecule has 0 bridgehead atoms. The molecule has 0 amide bonds. The number of sulfonamides is 1. The second-order valence-electron chi connectivity index (χ2n) is 8.12. The van der Waals surface area contributed by atoms with Crippen LogP contribution in [0.1, 0.15) is 45.1 Å². The van der Waals surface area contributed by atoms with E-state index in [1.807, 2.05) is 69.8 Å². The molecule has 0 spiro atoms. The minimum atomic E-state index is -3.65. The van der Waals surface area contributed by atoms with E-state index in [9.17, 15) is 8.42 Å². The fourth-order valence-corrected chi connectivity index (χ4v) is 5.66. The predicted molar refractivity (Wildman–Crippen MR) is 125 cm³/mol. The maximum Gasteiger partial charge on any atom is 0.245 e. The molecule has 0 saturated carbocycles. The number of para-hydroxylation sites is 1. The van der Waals surface area contributed by atoms with Crippen molar-refractivity contribution in [2.75, 3.05) is 12.4 Å². The summed E-state index contributed by atoms with van der Waals surface area (Å²) >= 11 is 0. The van der Waals surface area contributed by atoms with Crippen molar-refractivity contribution in [3.63, 3.8) is 0 Å². The van der Waals surface area contributed by atoms with Crippen LogP contribution in [-0.4, -0.2) is 46.5 Å². The summed E-state index contributed by atoms with van der Waals surface area (Å²) < 4.78 is 35.2. The van der Waals surface area contributed by atoms with Crippen LogP contribution in [0, 0.1) is 0 Å². The minimum absolute atomic E-state index is 0.156. The molecule has 2 heterocycles. The first-order chi connectivity index (χ1) is 15.2. The highest BCUT2D eigenvalue weighted by Gasteiger charge is 2.30. The number of nitrogens with one attached hydrogen (secondary N) is 1. The number of aromatic nitrogens is 3. The minimum Gasteiger partial charge on any atom is -0.496 e. The van der Waals surface area contributed by atoms with Crippen LogP contribution in [0.4, 0.5) is 5.82 Å². The number of nitrogens with zero attached hydrogens (tertiary/aromatic N) is 4. The van der Waals surface area contributed by atoms with Crippen molar-refractivity contribution in [3.8, 4) is 5.75 Å². The summed E-state index contributed by atoms with van der Waals surface area (Å²) in [5, 5.41) is 3.38. The fourth-order valence-electron chi connectivity index (χ4n) is 3.88. The third-order valence-corrected chi connectivity index (χ3v) is 7.42. The molecule has 0 aliphatic heterocycles. The Labute approximate surface area is 190 Å². The zero-order chi connectivity index (χ0) is 23.5. The molecule has 0 aliphatic rings. The van der Waals surface area contributed by atoms with Crippen LogP contribution >= 0.6 is 0 Å². The first-order valence-electron chi connectivity index (χ1n) is 10.5. The first kappa shape index (κ1) is 23.7. The maximum absolute atomic E-state index is 13.1. The SMILES string of the molecule is COc1ccccc1C(Nc1ccc(S(=O)(=O)N(C(C)C)C(C)C)cn1)c1nccn1C. The molecule has 1 atom stereocenters. The van der Waals surface area contributed by atoms with E-state index in [0.29, 0.717) is 5.82 Å². The predicted octanol–water partition coefficient (Wildman–Crippen LogP) is 3.83.